The monoisotopic (exact) mass is 185 g/mol. The number of nitrogens with zero attached hydrogens (tertiary/aromatic N) is 1. The van der Waals surface area contributed by atoms with Gasteiger partial charge in [0, 0.05) is 11.1 Å². The minimum atomic E-state index is -0.372. The molecule has 12 heavy (non-hydrogen) atoms. The molecule has 1 aromatic heterocycles. The Labute approximate surface area is 77.3 Å². The molecule has 0 fully saturated rings. The molecule has 0 saturated carbocycles. The first-order valence-corrected chi connectivity index (χ1v) is 5.01. The molecule has 0 amide bonds. The minimum Gasteiger partial charge on any atom is -0.386 e. The van der Waals surface area contributed by atoms with Crippen LogP contribution in [0.1, 0.15) is 36.3 Å². The van der Waals surface area contributed by atoms with Gasteiger partial charge in [-0.3, -0.25) is 0 Å². The van der Waals surface area contributed by atoms with Crippen molar-refractivity contribution in [2.24, 2.45) is 5.92 Å². The predicted molar refractivity (Wildman–Crippen MR) is 51.3 cm³/mol. The van der Waals surface area contributed by atoms with Gasteiger partial charge in [0.25, 0.3) is 0 Å². The highest BCUT2D eigenvalue weighted by Crippen LogP contribution is 2.24. The average molecular weight is 185 g/mol. The summed E-state index contributed by atoms with van der Waals surface area (Å²) in [4.78, 5) is 5.30. The van der Waals surface area contributed by atoms with Crippen LogP contribution in [-0.2, 0) is 0 Å². The van der Waals surface area contributed by atoms with E-state index < -0.39 is 0 Å². The standard InChI is InChI=1S/C9H15NOS/c1-6(2)4-8(11)9-10-5-7(3)12-9/h5-6,8,11H,4H2,1-3H3. The number of thiazole rings is 1. The number of hydrogen-bond donors (Lipinski definition) is 1. The van der Waals surface area contributed by atoms with E-state index in [0.29, 0.717) is 5.92 Å². The zero-order valence-corrected chi connectivity index (χ0v) is 8.56. The predicted octanol–water partition coefficient (Wildman–Crippen LogP) is 2.53. The molecule has 0 aliphatic carbocycles. The number of rotatable bonds is 3. The molecule has 0 aliphatic rings. The van der Waals surface area contributed by atoms with Gasteiger partial charge in [-0.05, 0) is 19.3 Å². The second-order valence-corrected chi connectivity index (χ2v) is 4.72. The lowest BCUT2D eigenvalue weighted by Gasteiger charge is -2.09. The average Bonchev–Trinajstić information content (AvgIpc) is 2.34. The highest BCUT2D eigenvalue weighted by atomic mass is 32.1. The molecule has 3 heteroatoms. The van der Waals surface area contributed by atoms with Gasteiger partial charge in [0.05, 0.1) is 0 Å². The molecule has 0 spiro atoms. The summed E-state index contributed by atoms with van der Waals surface area (Å²) >= 11 is 1.58. The molecule has 1 rings (SSSR count). The maximum atomic E-state index is 9.65. The zero-order valence-electron chi connectivity index (χ0n) is 7.74. The van der Waals surface area contributed by atoms with Gasteiger partial charge in [-0.2, -0.15) is 0 Å². The fraction of sp³-hybridized carbons (Fsp3) is 0.667. The van der Waals surface area contributed by atoms with Crippen LogP contribution in [0.15, 0.2) is 6.20 Å². The van der Waals surface area contributed by atoms with Crippen molar-refractivity contribution in [1.82, 2.24) is 4.98 Å². The molecule has 0 saturated heterocycles. The van der Waals surface area contributed by atoms with Crippen molar-refractivity contribution in [3.63, 3.8) is 0 Å². The fourth-order valence-electron chi connectivity index (χ4n) is 1.07. The molecule has 1 N–H and O–H groups in total. The summed E-state index contributed by atoms with van der Waals surface area (Å²) in [5, 5.41) is 10.5. The summed E-state index contributed by atoms with van der Waals surface area (Å²) in [6.45, 7) is 6.20. The lowest BCUT2D eigenvalue weighted by atomic mass is 10.1. The zero-order chi connectivity index (χ0) is 9.14. The SMILES string of the molecule is Cc1cnc(C(O)CC(C)C)s1. The molecule has 2 nitrogen and oxygen atoms in total. The van der Waals surface area contributed by atoms with Crippen LogP contribution in [0.25, 0.3) is 0 Å². The number of hydrogen-bond acceptors (Lipinski definition) is 3. The largest absolute Gasteiger partial charge is 0.386 e. The van der Waals surface area contributed by atoms with Crippen molar-refractivity contribution in [3.8, 4) is 0 Å². The molecule has 0 radical (unpaired) electrons. The van der Waals surface area contributed by atoms with Crippen LogP contribution in [0.2, 0.25) is 0 Å². The highest BCUT2D eigenvalue weighted by molar-refractivity contribution is 7.11. The minimum absolute atomic E-state index is 0.372. The molecular weight excluding hydrogens is 170 g/mol. The van der Waals surface area contributed by atoms with E-state index in [4.69, 9.17) is 0 Å². The second-order valence-electron chi connectivity index (χ2n) is 3.45. The van der Waals surface area contributed by atoms with E-state index in [-0.39, 0.29) is 6.10 Å². The van der Waals surface area contributed by atoms with Crippen LogP contribution >= 0.6 is 11.3 Å². The maximum Gasteiger partial charge on any atom is 0.121 e. The third-order valence-electron chi connectivity index (χ3n) is 1.62. The van der Waals surface area contributed by atoms with Gasteiger partial charge in [0.2, 0.25) is 0 Å². The smallest absolute Gasteiger partial charge is 0.121 e. The van der Waals surface area contributed by atoms with Gasteiger partial charge < -0.3 is 5.11 Å². The van der Waals surface area contributed by atoms with E-state index in [1.807, 2.05) is 13.1 Å². The Hall–Kier alpha value is -0.410. The first kappa shape index (κ1) is 9.68. The van der Waals surface area contributed by atoms with Gasteiger partial charge in [0.1, 0.15) is 11.1 Å². The van der Waals surface area contributed by atoms with Crippen LogP contribution < -0.4 is 0 Å². The van der Waals surface area contributed by atoms with Gasteiger partial charge in [0.15, 0.2) is 0 Å². The maximum absolute atomic E-state index is 9.65. The van der Waals surface area contributed by atoms with Gasteiger partial charge >= 0.3 is 0 Å². The highest BCUT2D eigenvalue weighted by Gasteiger charge is 2.12. The number of aromatic nitrogens is 1. The summed E-state index contributed by atoms with van der Waals surface area (Å²) in [6, 6.07) is 0. The van der Waals surface area contributed by atoms with Gasteiger partial charge in [-0.15, -0.1) is 11.3 Å². The summed E-state index contributed by atoms with van der Waals surface area (Å²) in [5.74, 6) is 0.518. The van der Waals surface area contributed by atoms with Crippen molar-refractivity contribution >= 4 is 11.3 Å². The molecule has 68 valence electrons. The fourth-order valence-corrected chi connectivity index (χ4v) is 1.85. The van der Waals surface area contributed by atoms with Gasteiger partial charge in [-0.1, -0.05) is 13.8 Å². The Bertz CT molecular complexity index is 244. The molecule has 0 aromatic carbocycles. The molecule has 1 aromatic rings. The summed E-state index contributed by atoms with van der Waals surface area (Å²) in [5.41, 5.74) is 0. The van der Waals surface area contributed by atoms with Crippen molar-refractivity contribution in [2.45, 2.75) is 33.3 Å². The van der Waals surface area contributed by atoms with E-state index in [1.54, 1.807) is 11.3 Å². The van der Waals surface area contributed by atoms with E-state index >= 15 is 0 Å². The second kappa shape index (κ2) is 4.01. The first-order valence-electron chi connectivity index (χ1n) is 4.20. The lowest BCUT2D eigenvalue weighted by Crippen LogP contribution is -2.00. The Morgan fingerprint density at radius 2 is 2.25 bits per heavy atom. The summed E-state index contributed by atoms with van der Waals surface area (Å²) in [7, 11) is 0. The Morgan fingerprint density at radius 3 is 2.67 bits per heavy atom. The van der Waals surface area contributed by atoms with Crippen molar-refractivity contribution in [1.29, 1.82) is 0 Å². The molecule has 1 unspecified atom stereocenters. The number of aliphatic hydroxyl groups is 1. The van der Waals surface area contributed by atoms with Crippen LogP contribution in [-0.4, -0.2) is 10.1 Å². The van der Waals surface area contributed by atoms with E-state index in [0.717, 1.165) is 16.3 Å². The summed E-state index contributed by atoms with van der Waals surface area (Å²) < 4.78 is 0. The van der Waals surface area contributed by atoms with Crippen molar-refractivity contribution < 1.29 is 5.11 Å². The van der Waals surface area contributed by atoms with Crippen molar-refractivity contribution in [2.75, 3.05) is 0 Å². The number of aryl methyl sites for hydroxylation is 1. The topological polar surface area (TPSA) is 33.1 Å². The van der Waals surface area contributed by atoms with Crippen LogP contribution in [0, 0.1) is 12.8 Å². The van der Waals surface area contributed by atoms with Gasteiger partial charge in [-0.25, -0.2) is 4.98 Å². The molecule has 1 atom stereocenters. The quantitative estimate of drug-likeness (QED) is 0.785. The Balaban J connectivity index is 2.58. The van der Waals surface area contributed by atoms with Crippen LogP contribution in [0.5, 0.6) is 0 Å². The van der Waals surface area contributed by atoms with E-state index in [2.05, 4.69) is 18.8 Å². The normalized spacial score (nSPS) is 13.8. The summed E-state index contributed by atoms with van der Waals surface area (Å²) in [6.07, 6.45) is 2.24. The molecular formula is C9H15NOS. The molecule has 1 heterocycles. The molecule has 0 bridgehead atoms. The van der Waals surface area contributed by atoms with E-state index in [1.165, 1.54) is 0 Å². The van der Waals surface area contributed by atoms with Crippen LogP contribution in [0.4, 0.5) is 0 Å². The Morgan fingerprint density at radius 1 is 1.58 bits per heavy atom. The third kappa shape index (κ3) is 2.57. The third-order valence-corrected chi connectivity index (χ3v) is 2.63. The Kier molecular flexibility index (Phi) is 3.23. The van der Waals surface area contributed by atoms with Crippen LogP contribution in [0.3, 0.4) is 0 Å². The van der Waals surface area contributed by atoms with E-state index in [9.17, 15) is 5.11 Å². The lowest BCUT2D eigenvalue weighted by molar-refractivity contribution is 0.150. The molecule has 0 aliphatic heterocycles. The first-order chi connectivity index (χ1) is 5.59. The van der Waals surface area contributed by atoms with Crippen molar-refractivity contribution in [3.05, 3.63) is 16.1 Å². The number of aliphatic hydroxyl groups excluding tert-OH is 1.